The van der Waals surface area contributed by atoms with Gasteiger partial charge in [0.1, 0.15) is 16.4 Å². The lowest BCUT2D eigenvalue weighted by Gasteiger charge is -2.15. The van der Waals surface area contributed by atoms with E-state index < -0.39 is 22.0 Å². The number of carbonyl (C=O) groups is 2. The van der Waals surface area contributed by atoms with E-state index >= 15 is 0 Å². The van der Waals surface area contributed by atoms with Crippen molar-refractivity contribution < 1.29 is 37.0 Å². The summed E-state index contributed by atoms with van der Waals surface area (Å²) in [7, 11) is -1.38. The zero-order valence-corrected chi connectivity index (χ0v) is 22.5. The van der Waals surface area contributed by atoms with Crippen LogP contribution >= 0.6 is 0 Å². The third kappa shape index (κ3) is 7.34. The highest BCUT2D eigenvalue weighted by Crippen LogP contribution is 2.31. The summed E-state index contributed by atoms with van der Waals surface area (Å²) in [5.41, 5.74) is 2.37. The van der Waals surface area contributed by atoms with Crippen LogP contribution in [-0.4, -0.2) is 54.3 Å². The zero-order chi connectivity index (χ0) is 28.4. The van der Waals surface area contributed by atoms with Gasteiger partial charge in [-0.15, -0.1) is 0 Å². The molecule has 0 spiro atoms. The highest BCUT2D eigenvalue weighted by molar-refractivity contribution is 7.89. The molecule has 0 saturated heterocycles. The maximum absolute atomic E-state index is 13.0. The van der Waals surface area contributed by atoms with Crippen LogP contribution in [0.1, 0.15) is 28.4 Å². The molecule has 0 unspecified atom stereocenters. The average molecular weight is 553 g/mol. The molecule has 204 valence electrons. The molecule has 3 aromatic carbocycles. The third-order valence-corrected chi connectivity index (χ3v) is 7.11. The van der Waals surface area contributed by atoms with E-state index in [1.54, 1.807) is 49.4 Å². The molecule has 0 aliphatic carbocycles. The smallest absolute Gasteiger partial charge is 0.344 e. The van der Waals surface area contributed by atoms with Crippen LogP contribution in [0.2, 0.25) is 0 Å². The van der Waals surface area contributed by atoms with Crippen LogP contribution in [0, 0.1) is 11.3 Å². The van der Waals surface area contributed by atoms with Crippen molar-refractivity contribution >= 4 is 22.0 Å². The summed E-state index contributed by atoms with van der Waals surface area (Å²) < 4.78 is 49.2. The molecule has 3 aromatic rings. The van der Waals surface area contributed by atoms with Crippen molar-refractivity contribution in [1.82, 2.24) is 4.72 Å². The van der Waals surface area contributed by atoms with Gasteiger partial charge in [-0.25, -0.2) is 22.7 Å². The molecule has 3 rings (SSSR count). The third-order valence-electron chi connectivity index (χ3n) is 5.63. The van der Waals surface area contributed by atoms with Crippen molar-refractivity contribution in [3.8, 4) is 28.7 Å². The molecule has 0 aliphatic rings. The minimum absolute atomic E-state index is 0.0177. The monoisotopic (exact) mass is 552 g/mol. The van der Waals surface area contributed by atoms with E-state index in [1.807, 2.05) is 6.07 Å². The molecule has 11 heteroatoms. The molecule has 10 nitrogen and oxygen atoms in total. The number of hydrogen-bond acceptors (Lipinski definition) is 9. The van der Waals surface area contributed by atoms with Crippen LogP contribution in [0.4, 0.5) is 0 Å². The lowest BCUT2D eigenvalue weighted by molar-refractivity contribution is -0.145. The summed E-state index contributed by atoms with van der Waals surface area (Å²) >= 11 is 0. The van der Waals surface area contributed by atoms with Gasteiger partial charge in [0, 0.05) is 6.54 Å². The lowest BCUT2D eigenvalue weighted by Crippen LogP contribution is -2.26. The summed E-state index contributed by atoms with van der Waals surface area (Å²) in [6.07, 6.45) is 0.205. The molecule has 0 aromatic heterocycles. The van der Waals surface area contributed by atoms with Crippen LogP contribution in [0.15, 0.2) is 65.6 Å². The number of rotatable bonds is 12. The van der Waals surface area contributed by atoms with Crippen molar-refractivity contribution in [2.45, 2.75) is 18.2 Å². The number of nitrogens with one attached hydrogen (secondary N) is 1. The largest absolute Gasteiger partial charge is 0.495 e. The molecular formula is C28H28N2O8S. The van der Waals surface area contributed by atoms with Crippen molar-refractivity contribution in [3.63, 3.8) is 0 Å². The lowest BCUT2D eigenvalue weighted by atomic mass is 9.97. The van der Waals surface area contributed by atoms with E-state index in [-0.39, 0.29) is 42.4 Å². The molecule has 0 bridgehead atoms. The van der Waals surface area contributed by atoms with Crippen molar-refractivity contribution in [1.29, 1.82) is 5.26 Å². The van der Waals surface area contributed by atoms with Gasteiger partial charge in [0.25, 0.3) is 0 Å². The van der Waals surface area contributed by atoms with Crippen LogP contribution in [-0.2, 0) is 30.7 Å². The first kappa shape index (κ1) is 29.2. The van der Waals surface area contributed by atoms with Gasteiger partial charge >= 0.3 is 11.9 Å². The fourth-order valence-corrected chi connectivity index (χ4v) is 5.00. The van der Waals surface area contributed by atoms with E-state index in [4.69, 9.17) is 24.2 Å². The Labute approximate surface area is 227 Å². The minimum atomic E-state index is -4.01. The van der Waals surface area contributed by atoms with Gasteiger partial charge in [-0.05, 0) is 60.4 Å². The average Bonchev–Trinajstić information content (AvgIpc) is 2.95. The van der Waals surface area contributed by atoms with Crippen molar-refractivity contribution in [2.75, 3.05) is 34.0 Å². The van der Waals surface area contributed by atoms with Gasteiger partial charge in [-0.1, -0.05) is 30.3 Å². The Bertz CT molecular complexity index is 1500. The summed E-state index contributed by atoms with van der Waals surface area (Å²) in [5, 5.41) is 9.16. The Kier molecular flexibility index (Phi) is 10.0. The second-order valence-electron chi connectivity index (χ2n) is 8.08. The number of ether oxygens (including phenoxy) is 4. The standard InChI is InChI=1S/C28H28N2O8S/c1-4-37-27(31)18-38-25-16-21(22-7-5-6-8-23(22)28(32)36-3)11-10-20(25)13-14-30-39(33,34)26-15-19(17-29)9-12-24(26)35-2/h5-12,15-16,30H,4,13-14,18H2,1-3H3. The molecule has 39 heavy (non-hydrogen) atoms. The van der Waals surface area contributed by atoms with Crippen LogP contribution in [0.5, 0.6) is 11.5 Å². The first-order valence-electron chi connectivity index (χ1n) is 11.9. The fourth-order valence-electron chi connectivity index (χ4n) is 3.78. The number of nitrogens with zero attached hydrogens (tertiary/aromatic N) is 1. The summed E-state index contributed by atoms with van der Waals surface area (Å²) in [5.74, 6) is -0.639. The second-order valence-corrected chi connectivity index (χ2v) is 9.81. The van der Waals surface area contributed by atoms with Gasteiger partial charge in [0.15, 0.2) is 6.61 Å². The summed E-state index contributed by atoms with van der Waals surface area (Å²) in [6, 6.07) is 18.1. The van der Waals surface area contributed by atoms with Crippen LogP contribution in [0.25, 0.3) is 11.1 Å². The van der Waals surface area contributed by atoms with Gasteiger partial charge in [-0.3, -0.25) is 0 Å². The highest BCUT2D eigenvalue weighted by Gasteiger charge is 2.21. The Hall–Kier alpha value is -4.40. The molecule has 0 atom stereocenters. The van der Waals surface area contributed by atoms with Crippen molar-refractivity contribution in [3.05, 3.63) is 77.4 Å². The zero-order valence-electron chi connectivity index (χ0n) is 21.7. The number of carbonyl (C=O) groups excluding carboxylic acids is 2. The maximum atomic E-state index is 13.0. The van der Waals surface area contributed by atoms with Gasteiger partial charge < -0.3 is 18.9 Å². The predicted octanol–water partition coefficient (Wildman–Crippen LogP) is 3.48. The first-order chi connectivity index (χ1) is 18.7. The molecule has 0 heterocycles. The number of hydrogen-bond donors (Lipinski definition) is 1. The van der Waals surface area contributed by atoms with E-state index in [1.165, 1.54) is 32.4 Å². The van der Waals surface area contributed by atoms with Gasteiger partial charge in [-0.2, -0.15) is 5.26 Å². The topological polar surface area (TPSA) is 141 Å². The van der Waals surface area contributed by atoms with Gasteiger partial charge in [0.05, 0.1) is 38.0 Å². The van der Waals surface area contributed by atoms with E-state index in [0.717, 1.165) is 0 Å². The molecule has 0 radical (unpaired) electrons. The summed E-state index contributed by atoms with van der Waals surface area (Å²) in [4.78, 5) is 24.1. The molecule has 1 N–H and O–H groups in total. The molecule has 0 amide bonds. The number of nitriles is 1. The van der Waals surface area contributed by atoms with Crippen LogP contribution in [0.3, 0.4) is 0 Å². The number of benzene rings is 3. The van der Waals surface area contributed by atoms with E-state index in [0.29, 0.717) is 28.0 Å². The number of methoxy groups -OCH3 is 2. The minimum Gasteiger partial charge on any atom is -0.495 e. The predicted molar refractivity (Wildman–Crippen MR) is 142 cm³/mol. The molecule has 0 aliphatic heterocycles. The molecule has 0 fully saturated rings. The molecular weight excluding hydrogens is 524 g/mol. The van der Waals surface area contributed by atoms with Crippen LogP contribution < -0.4 is 14.2 Å². The quantitative estimate of drug-likeness (QED) is 0.334. The SMILES string of the molecule is CCOC(=O)COc1cc(-c2ccccc2C(=O)OC)ccc1CCNS(=O)(=O)c1cc(C#N)ccc1OC. The molecule has 0 saturated carbocycles. The van der Waals surface area contributed by atoms with E-state index in [2.05, 4.69) is 4.72 Å². The normalized spacial score (nSPS) is 10.8. The Morgan fingerprint density at radius 3 is 2.46 bits per heavy atom. The Balaban J connectivity index is 1.88. The Morgan fingerprint density at radius 2 is 1.77 bits per heavy atom. The summed E-state index contributed by atoms with van der Waals surface area (Å²) in [6.45, 7) is 1.50. The van der Waals surface area contributed by atoms with E-state index in [9.17, 15) is 18.0 Å². The van der Waals surface area contributed by atoms with Gasteiger partial charge in [0.2, 0.25) is 10.0 Å². The second kappa shape index (κ2) is 13.4. The number of sulfonamides is 1. The highest BCUT2D eigenvalue weighted by atomic mass is 32.2. The number of esters is 2. The Morgan fingerprint density at radius 1 is 1.00 bits per heavy atom. The first-order valence-corrected chi connectivity index (χ1v) is 13.4. The maximum Gasteiger partial charge on any atom is 0.344 e. The van der Waals surface area contributed by atoms with Crippen molar-refractivity contribution in [2.24, 2.45) is 0 Å². The fraction of sp³-hybridized carbons (Fsp3) is 0.250.